The van der Waals surface area contributed by atoms with Crippen LogP contribution in [0.3, 0.4) is 0 Å². The predicted molar refractivity (Wildman–Crippen MR) is 49.8 cm³/mol. The second-order valence-corrected chi connectivity index (χ2v) is 5.69. The van der Waals surface area contributed by atoms with Crippen LogP contribution in [0.25, 0.3) is 4.13 Å². The molecule has 0 fully saturated rings. The minimum Gasteiger partial charge on any atom is -0.463 e. The van der Waals surface area contributed by atoms with Gasteiger partial charge >= 0.3 is 11.5 Å². The number of sulfonamides is 1. The highest BCUT2D eigenvalue weighted by Gasteiger charge is 2.40. The van der Waals surface area contributed by atoms with E-state index in [-0.39, 0.29) is 0 Å². The summed E-state index contributed by atoms with van der Waals surface area (Å²) in [4.78, 5) is 10.2. The number of ether oxygens (including phenoxy) is 1. The molecule has 13 heteroatoms. The van der Waals surface area contributed by atoms with Gasteiger partial charge in [-0.15, -0.1) is 0 Å². The average Bonchev–Trinajstić information content (AvgIpc) is 2.08. The summed E-state index contributed by atoms with van der Waals surface area (Å²) in [6.07, 6.45) is 0. The molecule has 0 atom stereocenters. The van der Waals surface area contributed by atoms with Crippen molar-refractivity contribution in [3.05, 3.63) is 4.13 Å². The Morgan fingerprint density at radius 1 is 1.17 bits per heavy atom. The Kier molecular flexibility index (Phi) is 5.52. The van der Waals surface area contributed by atoms with Gasteiger partial charge in [-0.3, -0.25) is 8.98 Å². The van der Waals surface area contributed by atoms with E-state index in [0.717, 1.165) is 6.92 Å². The largest absolute Gasteiger partial charge is 0.480 e. The molecule has 108 valence electrons. The summed E-state index contributed by atoms with van der Waals surface area (Å²) in [7, 11) is -11.5. The van der Waals surface area contributed by atoms with Gasteiger partial charge in [-0.25, -0.2) is 16.8 Å². The first-order valence-electron chi connectivity index (χ1n) is 3.96. The zero-order chi connectivity index (χ0) is 14.6. The van der Waals surface area contributed by atoms with Gasteiger partial charge in [-0.05, 0) is 0 Å². The maximum Gasteiger partial charge on any atom is 0.480 e. The lowest BCUT2D eigenvalue weighted by molar-refractivity contribution is -0.141. The monoisotopic (exact) mass is 314 g/mol. The van der Waals surface area contributed by atoms with Crippen molar-refractivity contribution in [3.63, 3.8) is 0 Å². The van der Waals surface area contributed by atoms with Crippen molar-refractivity contribution in [3.8, 4) is 0 Å². The molecule has 0 heterocycles. The van der Waals surface area contributed by atoms with E-state index in [0.29, 0.717) is 0 Å². The van der Waals surface area contributed by atoms with Crippen LogP contribution in [0.1, 0.15) is 6.92 Å². The highest BCUT2D eigenvalue weighted by atomic mass is 32.3. The molecule has 0 aliphatic rings. The van der Waals surface area contributed by atoms with Crippen LogP contribution in [0.5, 0.6) is 0 Å². The van der Waals surface area contributed by atoms with Crippen LogP contribution in [0.15, 0.2) is 0 Å². The lowest BCUT2D eigenvalue weighted by Crippen LogP contribution is -2.25. The quantitative estimate of drug-likeness (QED) is 0.501. The number of carbonyl (C=O) groups excluding carboxylic acids is 1. The van der Waals surface area contributed by atoms with Gasteiger partial charge < -0.3 is 8.86 Å². The summed E-state index contributed by atoms with van der Waals surface area (Å²) in [5.41, 5.74) is -5.85. The maximum atomic E-state index is 11.8. The van der Waals surface area contributed by atoms with Crippen molar-refractivity contribution in [2.75, 3.05) is 13.2 Å². The molecule has 0 aliphatic heterocycles. The average molecular weight is 314 g/mol. The van der Waals surface area contributed by atoms with Crippen LogP contribution in [-0.4, -0.2) is 41.5 Å². The molecular weight excluding hydrogens is 307 g/mol. The van der Waals surface area contributed by atoms with Gasteiger partial charge in [-0.2, -0.15) is 13.2 Å². The normalized spacial score (nSPS) is 13.3. The number of halogens is 3. The fourth-order valence-corrected chi connectivity index (χ4v) is 2.26. The molecule has 0 aromatic rings. The Morgan fingerprint density at radius 3 is 2.06 bits per heavy atom. The maximum absolute atomic E-state index is 11.8. The molecule has 0 saturated heterocycles. The van der Waals surface area contributed by atoms with E-state index in [2.05, 4.69) is 8.92 Å². The van der Waals surface area contributed by atoms with Crippen LogP contribution in [0, 0.1) is 0 Å². The van der Waals surface area contributed by atoms with Gasteiger partial charge in [0.25, 0.3) is 0 Å². The minimum absolute atomic E-state index is 0.587. The van der Waals surface area contributed by atoms with E-state index in [4.69, 9.17) is 0 Å². The Hall–Kier alpha value is -0.920. The van der Waals surface area contributed by atoms with Crippen molar-refractivity contribution in [2.45, 2.75) is 12.4 Å². The van der Waals surface area contributed by atoms with Gasteiger partial charge in [0, 0.05) is 6.92 Å². The van der Waals surface area contributed by atoms with E-state index in [1.807, 2.05) is 0 Å². The van der Waals surface area contributed by atoms with Crippen molar-refractivity contribution in [1.29, 1.82) is 0 Å². The fraction of sp³-hybridized carbons (Fsp3) is 0.800. The summed E-state index contributed by atoms with van der Waals surface area (Å²) in [6.45, 7) is -0.456. The smallest absolute Gasteiger partial charge is 0.463 e. The summed E-state index contributed by atoms with van der Waals surface area (Å²) < 4.78 is 87.1. The van der Waals surface area contributed by atoms with Gasteiger partial charge in [0.2, 0.25) is 10.3 Å². The number of esters is 1. The highest BCUT2D eigenvalue weighted by Crippen LogP contribution is 2.30. The van der Waals surface area contributed by atoms with E-state index < -0.39 is 45.0 Å². The molecule has 0 amide bonds. The third kappa shape index (κ3) is 6.13. The molecule has 0 saturated carbocycles. The van der Waals surface area contributed by atoms with Gasteiger partial charge in [0.15, 0.2) is 10.0 Å². The SMILES string of the molecule is CC(=O)OCCOS(=O)(=O)[N-]S(=O)(=O)C(F)(F)F. The highest BCUT2D eigenvalue weighted by molar-refractivity contribution is 8.10. The first kappa shape index (κ1) is 17.1. The first-order valence-corrected chi connectivity index (χ1v) is 6.76. The lowest BCUT2D eigenvalue weighted by atomic mass is 10.7. The Bertz CT molecular complexity index is 494. The molecular formula is C5H7F3NO7S2-. The standard InChI is InChI=1S/C5H7F3NO7S2/c1-4(10)15-2-3-16-18(13,14)9-17(11,12)5(6,7)8/h2-3H2,1H3/q-1. The van der Waals surface area contributed by atoms with Crippen LogP contribution in [-0.2, 0) is 34.0 Å². The van der Waals surface area contributed by atoms with Crippen molar-refractivity contribution in [2.24, 2.45) is 0 Å². The summed E-state index contributed by atoms with van der Waals surface area (Å²) >= 11 is 0. The van der Waals surface area contributed by atoms with Gasteiger partial charge in [-0.1, -0.05) is 0 Å². The topological polar surface area (TPSA) is 118 Å². The molecule has 0 spiro atoms. The molecule has 8 nitrogen and oxygen atoms in total. The summed E-state index contributed by atoms with van der Waals surface area (Å²) in [5.74, 6) is -0.782. The second kappa shape index (κ2) is 5.81. The zero-order valence-electron chi connectivity index (χ0n) is 8.67. The fourth-order valence-electron chi connectivity index (χ4n) is 0.509. The molecule has 0 bridgehead atoms. The number of carbonyl (C=O) groups is 1. The van der Waals surface area contributed by atoms with E-state index >= 15 is 0 Å². The number of hydrogen-bond acceptors (Lipinski definition) is 7. The third-order valence-corrected chi connectivity index (χ3v) is 3.67. The number of rotatable bonds is 6. The Labute approximate surface area is 100 Å². The number of hydrogen-bond donors (Lipinski definition) is 0. The Balaban J connectivity index is 4.47. The van der Waals surface area contributed by atoms with Crippen molar-refractivity contribution >= 4 is 26.3 Å². The van der Waals surface area contributed by atoms with Crippen LogP contribution < -0.4 is 0 Å². The zero-order valence-corrected chi connectivity index (χ0v) is 10.3. The van der Waals surface area contributed by atoms with Crippen molar-refractivity contribution < 1.29 is 43.7 Å². The second-order valence-electron chi connectivity index (χ2n) is 2.59. The Morgan fingerprint density at radius 2 is 1.67 bits per heavy atom. The molecule has 0 aromatic carbocycles. The third-order valence-electron chi connectivity index (χ3n) is 1.10. The minimum atomic E-state index is -6.20. The lowest BCUT2D eigenvalue weighted by Gasteiger charge is -2.21. The first-order chi connectivity index (χ1) is 7.87. The van der Waals surface area contributed by atoms with E-state index in [1.165, 1.54) is 0 Å². The number of nitrogens with zero attached hydrogens (tertiary/aromatic N) is 1. The van der Waals surface area contributed by atoms with Crippen molar-refractivity contribution in [1.82, 2.24) is 0 Å². The van der Waals surface area contributed by atoms with Crippen LogP contribution in [0.4, 0.5) is 13.2 Å². The van der Waals surface area contributed by atoms with Gasteiger partial charge in [0.05, 0.1) is 6.61 Å². The summed E-state index contributed by atoms with van der Waals surface area (Å²) in [6, 6.07) is 0. The molecule has 18 heavy (non-hydrogen) atoms. The molecule has 0 aliphatic carbocycles. The van der Waals surface area contributed by atoms with E-state index in [9.17, 15) is 34.8 Å². The van der Waals surface area contributed by atoms with E-state index in [1.54, 1.807) is 4.13 Å². The molecule has 0 unspecified atom stereocenters. The molecule has 0 rings (SSSR count). The number of alkyl halides is 3. The van der Waals surface area contributed by atoms with Gasteiger partial charge in [0.1, 0.15) is 6.61 Å². The molecule has 0 aromatic heterocycles. The van der Waals surface area contributed by atoms with Crippen LogP contribution >= 0.6 is 0 Å². The predicted octanol–water partition coefficient (Wildman–Crippen LogP) is 0.0342. The summed E-state index contributed by atoms with van der Waals surface area (Å²) in [5, 5.41) is 0. The molecule has 0 N–H and O–H groups in total. The van der Waals surface area contributed by atoms with Crippen LogP contribution in [0.2, 0.25) is 0 Å². The molecule has 0 radical (unpaired) electrons.